The van der Waals surface area contributed by atoms with Crippen molar-refractivity contribution >= 4 is 17.5 Å². The highest BCUT2D eigenvalue weighted by molar-refractivity contribution is 6.19. The Kier molecular flexibility index (Phi) is 2.70. The van der Waals surface area contributed by atoms with Crippen LogP contribution in [0.3, 0.4) is 0 Å². The van der Waals surface area contributed by atoms with Gasteiger partial charge in [-0.15, -0.1) is 0 Å². The van der Waals surface area contributed by atoms with Crippen molar-refractivity contribution in [2.75, 3.05) is 4.90 Å². The van der Waals surface area contributed by atoms with Crippen LogP contribution in [-0.4, -0.2) is 11.8 Å². The van der Waals surface area contributed by atoms with Crippen LogP contribution in [0.1, 0.15) is 18.4 Å². The van der Waals surface area contributed by atoms with Gasteiger partial charge in [0.25, 0.3) is 0 Å². The van der Waals surface area contributed by atoms with E-state index in [1.165, 1.54) is 12.1 Å². The number of rotatable bonds is 2. The van der Waals surface area contributed by atoms with Crippen molar-refractivity contribution in [3.05, 3.63) is 29.6 Å². The molecule has 1 aliphatic rings. The molecule has 1 aromatic rings. The maximum atomic E-state index is 13.6. The molecule has 1 heterocycles. The third-order valence-electron chi connectivity index (χ3n) is 2.54. The summed E-state index contributed by atoms with van der Waals surface area (Å²) in [7, 11) is 0. The minimum atomic E-state index is -0.591. The van der Waals surface area contributed by atoms with Gasteiger partial charge in [0.05, 0.1) is 5.69 Å². The normalized spacial score (nSPS) is 16.0. The van der Waals surface area contributed by atoms with Gasteiger partial charge in [-0.25, -0.2) is 9.29 Å². The second-order valence-corrected chi connectivity index (χ2v) is 3.61. The van der Waals surface area contributed by atoms with Crippen LogP contribution >= 0.6 is 0 Å². The van der Waals surface area contributed by atoms with E-state index in [2.05, 4.69) is 0 Å². The predicted molar refractivity (Wildman–Crippen MR) is 56.0 cm³/mol. The topological polar surface area (TPSA) is 63.4 Å². The molecule has 2 amide bonds. The number of hydrogen-bond acceptors (Lipinski definition) is 3. The third kappa shape index (κ3) is 1.69. The summed E-state index contributed by atoms with van der Waals surface area (Å²) in [5.74, 6) is -1.31. The van der Waals surface area contributed by atoms with E-state index >= 15 is 0 Å². The van der Waals surface area contributed by atoms with Gasteiger partial charge in [-0.1, -0.05) is 6.07 Å². The first kappa shape index (κ1) is 10.8. The largest absolute Gasteiger partial charge is 0.326 e. The monoisotopic (exact) mass is 222 g/mol. The van der Waals surface area contributed by atoms with Gasteiger partial charge in [-0.3, -0.25) is 9.59 Å². The van der Waals surface area contributed by atoms with E-state index in [4.69, 9.17) is 5.73 Å². The molecule has 0 bridgehead atoms. The second kappa shape index (κ2) is 4.02. The number of benzene rings is 1. The summed E-state index contributed by atoms with van der Waals surface area (Å²) in [6.45, 7) is 0.221. The molecule has 4 nitrogen and oxygen atoms in total. The molecular weight excluding hydrogens is 211 g/mol. The summed E-state index contributed by atoms with van der Waals surface area (Å²) in [5.41, 5.74) is 6.01. The van der Waals surface area contributed by atoms with Crippen LogP contribution in [0, 0.1) is 5.82 Å². The lowest BCUT2D eigenvalue weighted by molar-refractivity contribution is -0.121. The smallest absolute Gasteiger partial charge is 0.234 e. The van der Waals surface area contributed by atoms with Crippen LogP contribution in [0.2, 0.25) is 0 Å². The van der Waals surface area contributed by atoms with E-state index in [1.807, 2.05) is 0 Å². The fourth-order valence-electron chi connectivity index (χ4n) is 1.70. The lowest BCUT2D eigenvalue weighted by atomic mass is 10.2. The molecule has 1 aliphatic heterocycles. The molecule has 0 aliphatic carbocycles. The number of carbonyl (C=O) groups is 2. The Morgan fingerprint density at radius 1 is 1.25 bits per heavy atom. The second-order valence-electron chi connectivity index (χ2n) is 3.61. The molecule has 1 aromatic carbocycles. The number of nitrogens with zero attached hydrogens (tertiary/aromatic N) is 1. The van der Waals surface area contributed by atoms with Crippen molar-refractivity contribution in [1.29, 1.82) is 0 Å². The zero-order chi connectivity index (χ0) is 11.7. The first-order valence-corrected chi connectivity index (χ1v) is 4.97. The summed E-state index contributed by atoms with van der Waals surface area (Å²) < 4.78 is 13.6. The molecule has 84 valence electrons. The maximum absolute atomic E-state index is 13.6. The van der Waals surface area contributed by atoms with Gasteiger partial charge in [-0.2, -0.15) is 0 Å². The van der Waals surface area contributed by atoms with Crippen molar-refractivity contribution < 1.29 is 14.0 Å². The lowest BCUT2D eigenvalue weighted by Gasteiger charge is -2.15. The van der Waals surface area contributed by atoms with Crippen molar-refractivity contribution in [3.63, 3.8) is 0 Å². The van der Waals surface area contributed by atoms with E-state index in [0.29, 0.717) is 5.56 Å². The van der Waals surface area contributed by atoms with Crippen molar-refractivity contribution in [2.24, 2.45) is 5.73 Å². The minimum Gasteiger partial charge on any atom is -0.326 e. The Morgan fingerprint density at radius 2 is 1.88 bits per heavy atom. The number of anilines is 1. The standard InChI is InChI=1S/C11H11FN2O2/c12-8-5-7(6-13)1-2-9(8)14-10(15)3-4-11(14)16/h1-2,5H,3-4,6,13H2. The van der Waals surface area contributed by atoms with Crippen molar-refractivity contribution in [3.8, 4) is 0 Å². The molecule has 5 heteroatoms. The van der Waals surface area contributed by atoms with Gasteiger partial charge in [-0.05, 0) is 17.7 Å². The lowest BCUT2D eigenvalue weighted by Crippen LogP contribution is -2.29. The number of imide groups is 1. The molecule has 1 saturated heterocycles. The van der Waals surface area contributed by atoms with Crippen LogP contribution in [0.5, 0.6) is 0 Å². The summed E-state index contributed by atoms with van der Waals surface area (Å²) in [6.07, 6.45) is 0.299. The molecule has 0 unspecified atom stereocenters. The highest BCUT2D eigenvalue weighted by Gasteiger charge is 2.31. The fraction of sp³-hybridized carbons (Fsp3) is 0.273. The van der Waals surface area contributed by atoms with Crippen LogP contribution in [0.15, 0.2) is 18.2 Å². The van der Waals surface area contributed by atoms with Crippen LogP contribution < -0.4 is 10.6 Å². The first-order chi connectivity index (χ1) is 7.63. The maximum Gasteiger partial charge on any atom is 0.234 e. The number of carbonyl (C=O) groups excluding carboxylic acids is 2. The van der Waals surface area contributed by atoms with Crippen LogP contribution in [-0.2, 0) is 16.1 Å². The SMILES string of the molecule is NCc1ccc(N2C(=O)CCC2=O)c(F)c1. The first-order valence-electron chi connectivity index (χ1n) is 4.97. The zero-order valence-corrected chi connectivity index (χ0v) is 8.57. The summed E-state index contributed by atoms with van der Waals surface area (Å²) in [5, 5.41) is 0. The van der Waals surface area contributed by atoms with Gasteiger partial charge < -0.3 is 5.73 Å². The third-order valence-corrected chi connectivity index (χ3v) is 2.54. The number of nitrogens with two attached hydrogens (primary N) is 1. The molecule has 2 rings (SSSR count). The number of hydrogen-bond donors (Lipinski definition) is 1. The fourth-order valence-corrected chi connectivity index (χ4v) is 1.70. The van der Waals surface area contributed by atoms with Crippen molar-refractivity contribution in [1.82, 2.24) is 0 Å². The summed E-state index contributed by atoms with van der Waals surface area (Å²) >= 11 is 0. The molecule has 0 aromatic heterocycles. The zero-order valence-electron chi connectivity index (χ0n) is 8.57. The molecule has 0 radical (unpaired) electrons. The molecular formula is C11H11FN2O2. The van der Waals surface area contributed by atoms with E-state index < -0.39 is 5.82 Å². The van der Waals surface area contributed by atoms with E-state index in [9.17, 15) is 14.0 Å². The van der Waals surface area contributed by atoms with Gasteiger partial charge in [0.1, 0.15) is 5.82 Å². The van der Waals surface area contributed by atoms with Gasteiger partial charge >= 0.3 is 0 Å². The number of halogens is 1. The quantitative estimate of drug-likeness (QED) is 0.757. The van der Waals surface area contributed by atoms with E-state index in [0.717, 1.165) is 4.90 Å². The van der Waals surface area contributed by atoms with E-state index in [1.54, 1.807) is 6.07 Å². The average molecular weight is 222 g/mol. The summed E-state index contributed by atoms with van der Waals surface area (Å²) in [6, 6.07) is 4.27. The highest BCUT2D eigenvalue weighted by Crippen LogP contribution is 2.25. The van der Waals surface area contributed by atoms with Gasteiger partial charge in [0.15, 0.2) is 0 Å². The molecule has 2 N–H and O–H groups in total. The Bertz CT molecular complexity index is 443. The average Bonchev–Trinajstić information content (AvgIpc) is 2.59. The highest BCUT2D eigenvalue weighted by atomic mass is 19.1. The molecule has 1 fully saturated rings. The molecule has 0 spiro atoms. The van der Waals surface area contributed by atoms with Gasteiger partial charge in [0, 0.05) is 19.4 Å². The Morgan fingerprint density at radius 3 is 2.38 bits per heavy atom. The Labute approximate surface area is 91.8 Å². The molecule has 0 atom stereocenters. The predicted octanol–water partition coefficient (Wildman–Crippen LogP) is 0.938. The summed E-state index contributed by atoms with van der Waals surface area (Å²) in [4.78, 5) is 23.7. The van der Waals surface area contributed by atoms with Gasteiger partial charge in [0.2, 0.25) is 11.8 Å². The molecule has 16 heavy (non-hydrogen) atoms. The Hall–Kier alpha value is -1.75. The Balaban J connectivity index is 2.40. The van der Waals surface area contributed by atoms with Crippen LogP contribution in [0.4, 0.5) is 10.1 Å². The molecule has 0 saturated carbocycles. The van der Waals surface area contributed by atoms with Crippen LogP contribution in [0.25, 0.3) is 0 Å². The number of amides is 2. The van der Waals surface area contributed by atoms with Crippen molar-refractivity contribution in [2.45, 2.75) is 19.4 Å². The minimum absolute atomic E-state index is 0.0182. The van der Waals surface area contributed by atoms with E-state index in [-0.39, 0.29) is 36.9 Å².